The van der Waals surface area contributed by atoms with Gasteiger partial charge in [-0.1, -0.05) is 0 Å². The fourth-order valence-corrected chi connectivity index (χ4v) is 1.71. The molecule has 0 heterocycles. The van der Waals surface area contributed by atoms with Crippen LogP contribution in [0.5, 0.6) is 0 Å². The molecule has 3 N–H and O–H groups in total. The van der Waals surface area contributed by atoms with Crippen LogP contribution in [0.4, 0.5) is 11.4 Å². The SMILES string of the molecule is CCN(CC)c1ccc(NCCCN)cc1. The summed E-state index contributed by atoms with van der Waals surface area (Å²) in [6, 6.07) is 8.59. The molecule has 0 aliphatic heterocycles. The minimum Gasteiger partial charge on any atom is -0.385 e. The van der Waals surface area contributed by atoms with Gasteiger partial charge in [0.1, 0.15) is 0 Å². The molecule has 16 heavy (non-hydrogen) atoms. The summed E-state index contributed by atoms with van der Waals surface area (Å²) in [5, 5.41) is 3.35. The third kappa shape index (κ3) is 3.74. The molecule has 1 rings (SSSR count). The monoisotopic (exact) mass is 221 g/mol. The molecule has 3 heteroatoms. The number of rotatable bonds is 7. The Morgan fingerprint density at radius 3 is 2.25 bits per heavy atom. The highest BCUT2D eigenvalue weighted by molar-refractivity contribution is 5.54. The van der Waals surface area contributed by atoms with E-state index in [9.17, 15) is 0 Å². The van der Waals surface area contributed by atoms with E-state index in [1.54, 1.807) is 0 Å². The van der Waals surface area contributed by atoms with Gasteiger partial charge in [0.2, 0.25) is 0 Å². The topological polar surface area (TPSA) is 41.3 Å². The fraction of sp³-hybridized carbons (Fsp3) is 0.538. The molecule has 0 atom stereocenters. The highest BCUT2D eigenvalue weighted by Crippen LogP contribution is 2.17. The van der Waals surface area contributed by atoms with Gasteiger partial charge in [-0.2, -0.15) is 0 Å². The minimum absolute atomic E-state index is 0.741. The van der Waals surface area contributed by atoms with Crippen LogP contribution in [0, 0.1) is 0 Å². The molecule has 0 spiro atoms. The summed E-state index contributed by atoms with van der Waals surface area (Å²) in [6.45, 7) is 8.15. The molecular weight excluding hydrogens is 198 g/mol. The zero-order valence-electron chi connectivity index (χ0n) is 10.4. The van der Waals surface area contributed by atoms with Gasteiger partial charge in [0.05, 0.1) is 0 Å². The van der Waals surface area contributed by atoms with Gasteiger partial charge in [-0.15, -0.1) is 0 Å². The Morgan fingerprint density at radius 1 is 1.12 bits per heavy atom. The van der Waals surface area contributed by atoms with E-state index in [1.165, 1.54) is 11.4 Å². The van der Waals surface area contributed by atoms with E-state index in [2.05, 4.69) is 48.3 Å². The molecule has 3 nitrogen and oxygen atoms in total. The molecule has 0 bridgehead atoms. The Balaban J connectivity index is 2.53. The van der Waals surface area contributed by atoms with Crippen molar-refractivity contribution in [2.24, 2.45) is 5.73 Å². The van der Waals surface area contributed by atoms with Crippen LogP contribution in [-0.2, 0) is 0 Å². The van der Waals surface area contributed by atoms with Crippen LogP contribution in [0.2, 0.25) is 0 Å². The lowest BCUT2D eigenvalue weighted by molar-refractivity contribution is 0.864. The second-order valence-corrected chi connectivity index (χ2v) is 3.79. The van der Waals surface area contributed by atoms with Crippen LogP contribution in [-0.4, -0.2) is 26.2 Å². The predicted octanol–water partition coefficient (Wildman–Crippen LogP) is 2.29. The highest BCUT2D eigenvalue weighted by atomic mass is 15.1. The van der Waals surface area contributed by atoms with Crippen molar-refractivity contribution >= 4 is 11.4 Å². The van der Waals surface area contributed by atoms with Gasteiger partial charge in [0.25, 0.3) is 0 Å². The Hall–Kier alpha value is -1.22. The molecule has 0 aromatic heterocycles. The lowest BCUT2D eigenvalue weighted by Crippen LogP contribution is -2.21. The quantitative estimate of drug-likeness (QED) is 0.694. The summed E-state index contributed by atoms with van der Waals surface area (Å²) in [4.78, 5) is 2.34. The van der Waals surface area contributed by atoms with E-state index in [4.69, 9.17) is 5.73 Å². The molecule has 0 unspecified atom stereocenters. The van der Waals surface area contributed by atoms with Crippen LogP contribution in [0.25, 0.3) is 0 Å². The number of hydrogen-bond donors (Lipinski definition) is 2. The minimum atomic E-state index is 0.741. The maximum atomic E-state index is 5.45. The van der Waals surface area contributed by atoms with Crippen LogP contribution in [0.3, 0.4) is 0 Å². The van der Waals surface area contributed by atoms with Gasteiger partial charge in [-0.25, -0.2) is 0 Å². The first-order valence-electron chi connectivity index (χ1n) is 6.10. The molecule has 0 amide bonds. The summed E-state index contributed by atoms with van der Waals surface area (Å²) in [7, 11) is 0. The van der Waals surface area contributed by atoms with Crippen molar-refractivity contribution in [3.63, 3.8) is 0 Å². The number of nitrogens with two attached hydrogens (primary N) is 1. The zero-order chi connectivity index (χ0) is 11.8. The molecule has 0 aliphatic carbocycles. The summed E-state index contributed by atoms with van der Waals surface area (Å²) in [5.41, 5.74) is 7.90. The summed E-state index contributed by atoms with van der Waals surface area (Å²) >= 11 is 0. The lowest BCUT2D eigenvalue weighted by atomic mass is 10.2. The van der Waals surface area contributed by atoms with Gasteiger partial charge in [-0.05, 0) is 51.1 Å². The van der Waals surface area contributed by atoms with Crippen molar-refractivity contribution in [1.82, 2.24) is 0 Å². The Kier molecular flexibility index (Phi) is 5.72. The largest absolute Gasteiger partial charge is 0.385 e. The second-order valence-electron chi connectivity index (χ2n) is 3.79. The first kappa shape index (κ1) is 12.8. The van der Waals surface area contributed by atoms with E-state index >= 15 is 0 Å². The van der Waals surface area contributed by atoms with Gasteiger partial charge in [-0.3, -0.25) is 0 Å². The van der Waals surface area contributed by atoms with Crippen LogP contribution >= 0.6 is 0 Å². The van der Waals surface area contributed by atoms with Crippen molar-refractivity contribution in [2.75, 3.05) is 36.4 Å². The first-order valence-corrected chi connectivity index (χ1v) is 6.10. The number of nitrogens with one attached hydrogen (secondary N) is 1. The summed E-state index contributed by atoms with van der Waals surface area (Å²) in [6.07, 6.45) is 1.01. The standard InChI is InChI=1S/C13H23N3/c1-3-16(4-2)13-8-6-12(7-9-13)15-11-5-10-14/h6-9,15H,3-5,10-11,14H2,1-2H3. The van der Waals surface area contributed by atoms with E-state index in [0.29, 0.717) is 0 Å². The molecule has 0 fully saturated rings. The van der Waals surface area contributed by atoms with Crippen molar-refractivity contribution in [2.45, 2.75) is 20.3 Å². The van der Waals surface area contributed by atoms with Crippen molar-refractivity contribution < 1.29 is 0 Å². The molecule has 0 aliphatic rings. The third-order valence-electron chi connectivity index (χ3n) is 2.71. The van der Waals surface area contributed by atoms with Gasteiger partial charge >= 0.3 is 0 Å². The van der Waals surface area contributed by atoms with E-state index in [1.807, 2.05) is 0 Å². The molecule has 0 saturated carbocycles. The summed E-state index contributed by atoms with van der Waals surface area (Å²) < 4.78 is 0. The van der Waals surface area contributed by atoms with Gasteiger partial charge in [0.15, 0.2) is 0 Å². The number of nitrogens with zero attached hydrogens (tertiary/aromatic N) is 1. The van der Waals surface area contributed by atoms with Crippen molar-refractivity contribution in [3.8, 4) is 0 Å². The lowest BCUT2D eigenvalue weighted by Gasteiger charge is -2.21. The fourth-order valence-electron chi connectivity index (χ4n) is 1.71. The van der Waals surface area contributed by atoms with Crippen molar-refractivity contribution in [3.05, 3.63) is 24.3 Å². The smallest absolute Gasteiger partial charge is 0.0367 e. The van der Waals surface area contributed by atoms with Gasteiger partial charge in [0, 0.05) is 31.0 Å². The van der Waals surface area contributed by atoms with Crippen LogP contribution < -0.4 is 16.0 Å². The van der Waals surface area contributed by atoms with E-state index in [-0.39, 0.29) is 0 Å². The molecule has 1 aromatic rings. The zero-order valence-corrected chi connectivity index (χ0v) is 10.4. The summed E-state index contributed by atoms with van der Waals surface area (Å²) in [5.74, 6) is 0. The second kappa shape index (κ2) is 7.12. The first-order chi connectivity index (χ1) is 7.81. The number of anilines is 2. The molecule has 0 saturated heterocycles. The Morgan fingerprint density at radius 2 is 1.75 bits per heavy atom. The van der Waals surface area contributed by atoms with Crippen LogP contribution in [0.15, 0.2) is 24.3 Å². The van der Waals surface area contributed by atoms with E-state index in [0.717, 1.165) is 32.6 Å². The number of hydrogen-bond acceptors (Lipinski definition) is 3. The van der Waals surface area contributed by atoms with Gasteiger partial charge < -0.3 is 16.0 Å². The molecular formula is C13H23N3. The molecule has 0 radical (unpaired) electrons. The van der Waals surface area contributed by atoms with Crippen LogP contribution in [0.1, 0.15) is 20.3 Å². The Labute approximate surface area is 98.6 Å². The van der Waals surface area contributed by atoms with E-state index < -0.39 is 0 Å². The molecule has 1 aromatic carbocycles. The maximum Gasteiger partial charge on any atom is 0.0367 e. The number of benzene rings is 1. The Bertz CT molecular complexity index is 278. The van der Waals surface area contributed by atoms with Crippen molar-refractivity contribution in [1.29, 1.82) is 0 Å². The third-order valence-corrected chi connectivity index (χ3v) is 2.71. The highest BCUT2D eigenvalue weighted by Gasteiger charge is 2.00. The average Bonchev–Trinajstić information content (AvgIpc) is 2.33. The maximum absolute atomic E-state index is 5.45. The predicted molar refractivity (Wildman–Crippen MR) is 72.2 cm³/mol. The normalized spacial score (nSPS) is 10.2. The average molecular weight is 221 g/mol. The molecule has 90 valence electrons.